The van der Waals surface area contributed by atoms with Gasteiger partial charge in [-0.15, -0.1) is 0 Å². The smallest absolute Gasteiger partial charge is 0.230 e. The first-order chi connectivity index (χ1) is 8.97. The maximum Gasteiger partial charge on any atom is 0.230 e. The first kappa shape index (κ1) is 13.0. The van der Waals surface area contributed by atoms with Gasteiger partial charge in [0.2, 0.25) is 5.91 Å². The Hall–Kier alpha value is -2.44. The van der Waals surface area contributed by atoms with Crippen LogP contribution in [0.15, 0.2) is 24.4 Å². The molecule has 0 fully saturated rings. The molecular weight excluding hydrogens is 254 g/mol. The lowest BCUT2D eigenvalue weighted by Crippen LogP contribution is -2.18. The molecule has 100 valence electrons. The van der Waals surface area contributed by atoms with Crippen LogP contribution in [0.4, 0.5) is 20.3 Å². The highest BCUT2D eigenvalue weighted by molar-refractivity contribution is 5.93. The van der Waals surface area contributed by atoms with Gasteiger partial charge in [-0.25, -0.2) is 8.78 Å². The minimum absolute atomic E-state index is 0.111. The molecule has 2 aromatic rings. The molecule has 1 aromatic carbocycles. The molecule has 7 heteroatoms. The normalized spacial score (nSPS) is 10.5. The van der Waals surface area contributed by atoms with Crippen molar-refractivity contribution in [3.8, 4) is 0 Å². The van der Waals surface area contributed by atoms with Gasteiger partial charge in [-0.05, 0) is 11.6 Å². The van der Waals surface area contributed by atoms with Crippen molar-refractivity contribution in [3.05, 3.63) is 41.6 Å². The van der Waals surface area contributed by atoms with Crippen molar-refractivity contribution in [3.63, 3.8) is 0 Å². The van der Waals surface area contributed by atoms with Gasteiger partial charge in [0.15, 0.2) is 5.82 Å². The van der Waals surface area contributed by atoms with Crippen LogP contribution in [0.3, 0.4) is 0 Å². The number of amides is 1. The van der Waals surface area contributed by atoms with Gasteiger partial charge in [0.25, 0.3) is 0 Å². The highest BCUT2D eigenvalue weighted by Gasteiger charge is 2.12. The van der Waals surface area contributed by atoms with E-state index in [0.29, 0.717) is 11.5 Å². The Morgan fingerprint density at radius 2 is 2.21 bits per heavy atom. The molecule has 0 atom stereocenters. The Kier molecular flexibility index (Phi) is 3.46. The SMILES string of the molecule is Cn1ncc(N)c1NC(=O)Cc1ccc(F)cc1F. The van der Waals surface area contributed by atoms with E-state index in [0.717, 1.165) is 12.1 Å². The van der Waals surface area contributed by atoms with E-state index in [1.54, 1.807) is 7.05 Å². The van der Waals surface area contributed by atoms with Crippen LogP contribution in [-0.4, -0.2) is 15.7 Å². The minimum atomic E-state index is -0.756. The topological polar surface area (TPSA) is 72.9 Å². The van der Waals surface area contributed by atoms with E-state index in [4.69, 9.17) is 5.73 Å². The third kappa shape index (κ3) is 2.87. The molecule has 0 saturated heterocycles. The zero-order valence-electron chi connectivity index (χ0n) is 10.2. The third-order valence-corrected chi connectivity index (χ3v) is 2.59. The Morgan fingerprint density at radius 3 is 2.79 bits per heavy atom. The molecule has 0 unspecified atom stereocenters. The number of nitrogens with zero attached hydrogens (tertiary/aromatic N) is 2. The number of benzene rings is 1. The van der Waals surface area contributed by atoms with Gasteiger partial charge in [-0.1, -0.05) is 6.07 Å². The number of carbonyl (C=O) groups is 1. The Morgan fingerprint density at radius 1 is 1.47 bits per heavy atom. The summed E-state index contributed by atoms with van der Waals surface area (Å²) in [6, 6.07) is 3.07. The van der Waals surface area contributed by atoms with Crippen molar-refractivity contribution in [2.45, 2.75) is 6.42 Å². The van der Waals surface area contributed by atoms with E-state index in [9.17, 15) is 13.6 Å². The average molecular weight is 266 g/mol. The number of aromatic nitrogens is 2. The zero-order valence-corrected chi connectivity index (χ0v) is 10.2. The van der Waals surface area contributed by atoms with Crippen LogP contribution >= 0.6 is 0 Å². The number of aryl methyl sites for hydroxylation is 1. The molecule has 0 bridgehead atoms. The third-order valence-electron chi connectivity index (χ3n) is 2.59. The summed E-state index contributed by atoms with van der Waals surface area (Å²) in [5.41, 5.74) is 6.04. The summed E-state index contributed by atoms with van der Waals surface area (Å²) in [5.74, 6) is -1.56. The summed E-state index contributed by atoms with van der Waals surface area (Å²) in [6.07, 6.45) is 1.19. The van der Waals surface area contributed by atoms with E-state index in [2.05, 4.69) is 10.4 Å². The fourth-order valence-electron chi connectivity index (χ4n) is 1.62. The lowest BCUT2D eigenvalue weighted by atomic mass is 10.1. The van der Waals surface area contributed by atoms with Crippen LogP contribution in [0, 0.1) is 11.6 Å². The predicted molar refractivity (Wildman–Crippen MR) is 66.3 cm³/mol. The molecule has 0 aliphatic carbocycles. The Bertz CT molecular complexity index is 605. The fraction of sp³-hybridized carbons (Fsp3) is 0.167. The summed E-state index contributed by atoms with van der Waals surface area (Å²) in [6.45, 7) is 0. The van der Waals surface area contributed by atoms with Gasteiger partial charge in [0.05, 0.1) is 18.3 Å². The van der Waals surface area contributed by atoms with Crippen molar-refractivity contribution in [1.82, 2.24) is 9.78 Å². The zero-order chi connectivity index (χ0) is 14.0. The van der Waals surface area contributed by atoms with Gasteiger partial charge in [0.1, 0.15) is 11.6 Å². The second-order valence-corrected chi connectivity index (χ2v) is 4.03. The molecular formula is C12H12F2N4O. The van der Waals surface area contributed by atoms with E-state index >= 15 is 0 Å². The molecule has 0 saturated carbocycles. The summed E-state index contributed by atoms with van der Waals surface area (Å²) in [4.78, 5) is 11.8. The number of anilines is 2. The molecule has 5 nitrogen and oxygen atoms in total. The maximum absolute atomic E-state index is 13.4. The quantitative estimate of drug-likeness (QED) is 0.883. The lowest BCUT2D eigenvalue weighted by molar-refractivity contribution is -0.115. The van der Waals surface area contributed by atoms with Crippen molar-refractivity contribution in [1.29, 1.82) is 0 Å². The second kappa shape index (κ2) is 5.05. The molecule has 0 aliphatic rings. The molecule has 0 aliphatic heterocycles. The molecule has 2 rings (SSSR count). The van der Waals surface area contributed by atoms with Crippen molar-refractivity contribution in [2.75, 3.05) is 11.1 Å². The van der Waals surface area contributed by atoms with Gasteiger partial charge >= 0.3 is 0 Å². The van der Waals surface area contributed by atoms with E-state index < -0.39 is 17.5 Å². The van der Waals surface area contributed by atoms with Crippen LogP contribution in [0.5, 0.6) is 0 Å². The number of carbonyl (C=O) groups excluding carboxylic acids is 1. The molecule has 19 heavy (non-hydrogen) atoms. The van der Waals surface area contributed by atoms with Crippen molar-refractivity contribution in [2.24, 2.45) is 7.05 Å². The van der Waals surface area contributed by atoms with Crippen LogP contribution in [0.25, 0.3) is 0 Å². The van der Waals surface area contributed by atoms with E-state index in [1.807, 2.05) is 0 Å². The van der Waals surface area contributed by atoms with Crippen LogP contribution in [0.1, 0.15) is 5.56 Å². The molecule has 0 radical (unpaired) electrons. The van der Waals surface area contributed by atoms with Gasteiger partial charge in [-0.2, -0.15) is 5.10 Å². The highest BCUT2D eigenvalue weighted by Crippen LogP contribution is 2.17. The summed E-state index contributed by atoms with van der Waals surface area (Å²) in [7, 11) is 1.62. The highest BCUT2D eigenvalue weighted by atomic mass is 19.1. The van der Waals surface area contributed by atoms with Crippen LogP contribution < -0.4 is 11.1 Å². The average Bonchev–Trinajstić information content (AvgIpc) is 2.65. The maximum atomic E-state index is 13.4. The van der Waals surface area contributed by atoms with Crippen molar-refractivity contribution < 1.29 is 13.6 Å². The molecule has 1 amide bonds. The Balaban J connectivity index is 2.10. The number of rotatable bonds is 3. The molecule has 0 spiro atoms. The number of halogens is 2. The molecule has 1 aromatic heterocycles. The van der Waals surface area contributed by atoms with E-state index in [1.165, 1.54) is 16.9 Å². The van der Waals surface area contributed by atoms with Gasteiger partial charge in [-0.3, -0.25) is 9.48 Å². The summed E-state index contributed by atoms with van der Waals surface area (Å²) < 4.78 is 27.5. The van der Waals surface area contributed by atoms with Gasteiger partial charge in [0, 0.05) is 13.1 Å². The summed E-state index contributed by atoms with van der Waals surface area (Å²) in [5, 5.41) is 6.38. The number of nitrogens with two attached hydrogens (primary N) is 1. The monoisotopic (exact) mass is 266 g/mol. The standard InChI is InChI=1S/C12H12F2N4O/c1-18-12(10(15)6-16-18)17-11(19)4-7-2-3-8(13)5-9(7)14/h2-3,5-6H,4,15H2,1H3,(H,17,19). The lowest BCUT2D eigenvalue weighted by Gasteiger charge is -2.07. The fourth-order valence-corrected chi connectivity index (χ4v) is 1.62. The van der Waals surface area contributed by atoms with Gasteiger partial charge < -0.3 is 11.1 Å². The van der Waals surface area contributed by atoms with Crippen molar-refractivity contribution >= 4 is 17.4 Å². The molecule has 3 N–H and O–H groups in total. The van der Waals surface area contributed by atoms with E-state index in [-0.39, 0.29) is 12.0 Å². The second-order valence-electron chi connectivity index (χ2n) is 4.03. The first-order valence-electron chi connectivity index (χ1n) is 5.48. The van der Waals surface area contributed by atoms with Crippen LogP contribution in [0.2, 0.25) is 0 Å². The first-order valence-corrected chi connectivity index (χ1v) is 5.48. The summed E-state index contributed by atoms with van der Waals surface area (Å²) >= 11 is 0. The van der Waals surface area contributed by atoms with Crippen LogP contribution in [-0.2, 0) is 18.3 Å². The molecule has 1 heterocycles. The largest absolute Gasteiger partial charge is 0.394 e. The number of hydrogen-bond donors (Lipinski definition) is 2. The number of hydrogen-bond acceptors (Lipinski definition) is 3. The minimum Gasteiger partial charge on any atom is -0.394 e. The Labute approximate surface area is 108 Å². The number of nitrogen functional groups attached to an aromatic ring is 1. The number of nitrogens with one attached hydrogen (secondary N) is 1. The predicted octanol–water partition coefficient (Wildman–Crippen LogP) is 1.46.